The van der Waals surface area contributed by atoms with Crippen molar-refractivity contribution in [1.82, 2.24) is 15.2 Å². The number of ether oxygens (including phenoxy) is 1. The van der Waals surface area contributed by atoms with Crippen molar-refractivity contribution in [3.63, 3.8) is 0 Å². The van der Waals surface area contributed by atoms with Gasteiger partial charge < -0.3 is 4.74 Å². The zero-order valence-corrected chi connectivity index (χ0v) is 12.8. The van der Waals surface area contributed by atoms with Gasteiger partial charge >= 0.3 is 6.09 Å². The Kier molecular flexibility index (Phi) is 5.31. The Morgan fingerprint density at radius 1 is 1.50 bits per heavy atom. The highest BCUT2D eigenvalue weighted by Gasteiger charge is 2.17. The molecule has 2 heterocycles. The van der Waals surface area contributed by atoms with Crippen LogP contribution in [0.15, 0.2) is 24.5 Å². The maximum absolute atomic E-state index is 11.8. The van der Waals surface area contributed by atoms with Gasteiger partial charge in [-0.25, -0.2) is 4.79 Å². The molecule has 0 saturated heterocycles. The number of pyridine rings is 1. The molecule has 0 fully saturated rings. The molecule has 106 valence electrons. The molecule has 0 aromatic carbocycles. The standard InChI is InChI=1S/C12H14N4O2S2/c1-16(12(17)18-6-7-19-2)11-15-14-10(20-11)9-4-3-5-13-8-9/h3-5,8H,6-7H2,1-2H3. The van der Waals surface area contributed by atoms with Gasteiger partial charge in [0.05, 0.1) is 0 Å². The third-order valence-electron chi connectivity index (χ3n) is 2.40. The lowest BCUT2D eigenvalue weighted by Gasteiger charge is -2.12. The van der Waals surface area contributed by atoms with E-state index >= 15 is 0 Å². The molecule has 2 rings (SSSR count). The van der Waals surface area contributed by atoms with Crippen LogP contribution < -0.4 is 4.90 Å². The number of anilines is 1. The second-order valence-electron chi connectivity index (χ2n) is 3.80. The van der Waals surface area contributed by atoms with Gasteiger partial charge in [0.15, 0.2) is 5.01 Å². The van der Waals surface area contributed by atoms with Crippen LogP contribution in [0.2, 0.25) is 0 Å². The minimum Gasteiger partial charge on any atom is -0.448 e. The zero-order valence-electron chi connectivity index (χ0n) is 11.1. The molecule has 0 spiro atoms. The van der Waals surface area contributed by atoms with Crippen molar-refractivity contribution in [2.24, 2.45) is 0 Å². The maximum Gasteiger partial charge on any atom is 0.415 e. The van der Waals surface area contributed by atoms with Crippen LogP contribution in [-0.2, 0) is 4.74 Å². The van der Waals surface area contributed by atoms with E-state index in [0.717, 1.165) is 16.3 Å². The zero-order chi connectivity index (χ0) is 14.4. The first-order chi connectivity index (χ1) is 9.72. The van der Waals surface area contributed by atoms with Gasteiger partial charge in [0.25, 0.3) is 0 Å². The van der Waals surface area contributed by atoms with Crippen LogP contribution in [0.4, 0.5) is 9.93 Å². The van der Waals surface area contributed by atoms with Gasteiger partial charge in [0.2, 0.25) is 5.13 Å². The Balaban J connectivity index is 2.03. The van der Waals surface area contributed by atoms with Crippen molar-refractivity contribution in [3.8, 4) is 10.6 Å². The number of aromatic nitrogens is 3. The average Bonchev–Trinajstić information content (AvgIpc) is 2.97. The minimum absolute atomic E-state index is 0.388. The number of hydrogen-bond donors (Lipinski definition) is 0. The molecule has 0 N–H and O–H groups in total. The minimum atomic E-state index is -0.423. The molecule has 0 aliphatic carbocycles. The normalized spacial score (nSPS) is 10.3. The van der Waals surface area contributed by atoms with E-state index in [1.165, 1.54) is 16.2 Å². The van der Waals surface area contributed by atoms with Crippen LogP contribution in [-0.4, -0.2) is 46.9 Å². The second kappa shape index (κ2) is 7.20. The fourth-order valence-electron chi connectivity index (χ4n) is 1.34. The first kappa shape index (κ1) is 14.7. The first-order valence-corrected chi connectivity index (χ1v) is 8.06. The number of amides is 1. The molecule has 0 radical (unpaired) electrons. The largest absolute Gasteiger partial charge is 0.448 e. The van der Waals surface area contributed by atoms with Gasteiger partial charge in [-0.2, -0.15) is 11.8 Å². The van der Waals surface area contributed by atoms with E-state index in [4.69, 9.17) is 4.74 Å². The molecule has 0 atom stereocenters. The van der Waals surface area contributed by atoms with Crippen molar-refractivity contribution in [2.45, 2.75) is 0 Å². The summed E-state index contributed by atoms with van der Waals surface area (Å²) in [5, 5.41) is 9.28. The van der Waals surface area contributed by atoms with Gasteiger partial charge in [0.1, 0.15) is 6.61 Å². The Morgan fingerprint density at radius 2 is 2.35 bits per heavy atom. The Hall–Kier alpha value is -1.67. The smallest absolute Gasteiger partial charge is 0.415 e. The molecule has 0 bridgehead atoms. The molecular formula is C12H14N4O2S2. The van der Waals surface area contributed by atoms with Crippen LogP contribution >= 0.6 is 23.1 Å². The molecule has 1 amide bonds. The average molecular weight is 310 g/mol. The lowest BCUT2D eigenvalue weighted by molar-refractivity contribution is 0.162. The molecule has 6 nitrogen and oxygen atoms in total. The van der Waals surface area contributed by atoms with Crippen molar-refractivity contribution < 1.29 is 9.53 Å². The summed E-state index contributed by atoms with van der Waals surface area (Å²) < 4.78 is 5.11. The summed E-state index contributed by atoms with van der Waals surface area (Å²) in [5.41, 5.74) is 0.875. The predicted octanol–water partition coefficient (Wildman–Crippen LogP) is 2.54. The van der Waals surface area contributed by atoms with Crippen molar-refractivity contribution in [3.05, 3.63) is 24.5 Å². The van der Waals surface area contributed by atoms with Crippen molar-refractivity contribution in [2.75, 3.05) is 30.6 Å². The lowest BCUT2D eigenvalue weighted by atomic mass is 10.3. The summed E-state index contributed by atoms with van der Waals surface area (Å²) in [6.45, 7) is 0.388. The van der Waals surface area contributed by atoms with Crippen LogP contribution in [0, 0.1) is 0 Å². The Labute approximate surface area is 125 Å². The molecule has 8 heteroatoms. The fourth-order valence-corrected chi connectivity index (χ4v) is 2.38. The van der Waals surface area contributed by atoms with Gasteiger partial charge in [-0.05, 0) is 18.4 Å². The SMILES string of the molecule is CSCCOC(=O)N(C)c1nnc(-c2cccnc2)s1. The van der Waals surface area contributed by atoms with Crippen LogP contribution in [0.1, 0.15) is 0 Å². The van der Waals surface area contributed by atoms with E-state index in [1.54, 1.807) is 31.2 Å². The molecule has 0 aliphatic heterocycles. The summed E-state index contributed by atoms with van der Waals surface area (Å²) in [4.78, 5) is 17.2. The van der Waals surface area contributed by atoms with Crippen LogP contribution in [0.3, 0.4) is 0 Å². The molecule has 2 aromatic heterocycles. The first-order valence-electron chi connectivity index (χ1n) is 5.85. The van der Waals surface area contributed by atoms with E-state index in [1.807, 2.05) is 18.4 Å². The summed E-state index contributed by atoms with van der Waals surface area (Å²) in [6, 6.07) is 3.73. The lowest BCUT2D eigenvalue weighted by Crippen LogP contribution is -2.27. The molecule has 20 heavy (non-hydrogen) atoms. The molecule has 0 unspecified atom stereocenters. The van der Waals surface area contributed by atoms with E-state index in [2.05, 4.69) is 15.2 Å². The van der Waals surface area contributed by atoms with Gasteiger partial charge in [-0.1, -0.05) is 11.3 Å². The molecule has 2 aromatic rings. The number of carbonyl (C=O) groups is 1. The summed E-state index contributed by atoms with van der Waals surface area (Å²) in [5.74, 6) is 0.774. The molecule has 0 saturated carbocycles. The van der Waals surface area contributed by atoms with Crippen LogP contribution in [0.25, 0.3) is 10.6 Å². The number of hydrogen-bond acceptors (Lipinski definition) is 7. The Bertz CT molecular complexity index is 562. The Morgan fingerprint density at radius 3 is 3.05 bits per heavy atom. The van der Waals surface area contributed by atoms with E-state index in [-0.39, 0.29) is 0 Å². The number of carbonyl (C=O) groups excluding carboxylic acids is 1. The molecule has 0 aliphatic rings. The van der Waals surface area contributed by atoms with Crippen molar-refractivity contribution >= 4 is 34.3 Å². The predicted molar refractivity (Wildman–Crippen MR) is 81.3 cm³/mol. The van der Waals surface area contributed by atoms with Crippen LogP contribution in [0.5, 0.6) is 0 Å². The number of nitrogens with zero attached hydrogens (tertiary/aromatic N) is 4. The third kappa shape index (κ3) is 3.67. The monoisotopic (exact) mass is 310 g/mol. The van der Waals surface area contributed by atoms with E-state index in [9.17, 15) is 4.79 Å². The summed E-state index contributed by atoms with van der Waals surface area (Å²) in [6.07, 6.45) is 4.94. The number of thioether (sulfide) groups is 1. The summed E-state index contributed by atoms with van der Waals surface area (Å²) >= 11 is 2.94. The van der Waals surface area contributed by atoms with Gasteiger partial charge in [-0.3, -0.25) is 9.88 Å². The van der Waals surface area contributed by atoms with E-state index < -0.39 is 6.09 Å². The van der Waals surface area contributed by atoms with E-state index in [0.29, 0.717) is 11.7 Å². The van der Waals surface area contributed by atoms with Gasteiger partial charge in [-0.15, -0.1) is 10.2 Å². The second-order valence-corrected chi connectivity index (χ2v) is 5.74. The van der Waals surface area contributed by atoms with Gasteiger partial charge in [0, 0.05) is 30.8 Å². The topological polar surface area (TPSA) is 68.2 Å². The fraction of sp³-hybridized carbons (Fsp3) is 0.333. The molecular weight excluding hydrogens is 296 g/mol. The summed E-state index contributed by atoms with van der Waals surface area (Å²) in [7, 11) is 1.62. The maximum atomic E-state index is 11.8. The highest BCUT2D eigenvalue weighted by atomic mass is 32.2. The highest BCUT2D eigenvalue weighted by Crippen LogP contribution is 2.27. The number of rotatable bonds is 5. The van der Waals surface area contributed by atoms with Crippen molar-refractivity contribution in [1.29, 1.82) is 0 Å². The quantitative estimate of drug-likeness (QED) is 0.791. The highest BCUT2D eigenvalue weighted by molar-refractivity contribution is 7.98. The third-order valence-corrected chi connectivity index (χ3v) is 4.02.